The van der Waals surface area contributed by atoms with Gasteiger partial charge in [0, 0.05) is 37.2 Å². The minimum Gasteiger partial charge on any atom is -0.347 e. The van der Waals surface area contributed by atoms with Gasteiger partial charge < -0.3 is 15.1 Å². The number of amides is 2. The van der Waals surface area contributed by atoms with Crippen LogP contribution in [0.5, 0.6) is 0 Å². The van der Waals surface area contributed by atoms with Gasteiger partial charge in [0.25, 0.3) is 0 Å². The number of nitrogens with one attached hydrogen (secondary N) is 1. The molecule has 2 aromatic rings. The Balaban J connectivity index is 1.75. The van der Waals surface area contributed by atoms with E-state index in [2.05, 4.69) is 31.2 Å². The van der Waals surface area contributed by atoms with E-state index in [0.29, 0.717) is 29.6 Å². The summed E-state index contributed by atoms with van der Waals surface area (Å²) in [5.41, 5.74) is 2.80. The van der Waals surface area contributed by atoms with E-state index in [1.165, 1.54) is 0 Å². The zero-order valence-corrected chi connectivity index (χ0v) is 17.4. The highest BCUT2D eigenvalue weighted by atomic mass is 79.9. The van der Waals surface area contributed by atoms with Crippen molar-refractivity contribution in [1.29, 1.82) is 0 Å². The molecule has 0 saturated carbocycles. The number of hydrogen-bond donors (Lipinski definition) is 1. The largest absolute Gasteiger partial charge is 0.347 e. The van der Waals surface area contributed by atoms with Crippen LogP contribution in [-0.2, 0) is 9.59 Å². The van der Waals surface area contributed by atoms with Crippen LogP contribution < -0.4 is 15.1 Å². The van der Waals surface area contributed by atoms with Crippen molar-refractivity contribution in [2.75, 3.05) is 35.8 Å². The molecule has 1 aliphatic heterocycles. The Labute approximate surface area is 166 Å². The fraction of sp³-hybridized carbons (Fsp3) is 0.368. The van der Waals surface area contributed by atoms with Gasteiger partial charge in [-0.1, -0.05) is 22.0 Å². The summed E-state index contributed by atoms with van der Waals surface area (Å²) in [6, 6.07) is 7.51. The number of carbonyl (C=O) groups excluding carboxylic acids is 2. The van der Waals surface area contributed by atoms with Gasteiger partial charge in [-0.2, -0.15) is 0 Å². The molecule has 8 heteroatoms. The summed E-state index contributed by atoms with van der Waals surface area (Å²) in [4.78, 5) is 37.5. The molecule has 27 heavy (non-hydrogen) atoms. The molecule has 0 radical (unpaired) electrons. The zero-order chi connectivity index (χ0) is 19.7. The van der Waals surface area contributed by atoms with Crippen LogP contribution in [0, 0.1) is 19.8 Å². The number of halogens is 1. The summed E-state index contributed by atoms with van der Waals surface area (Å²) in [6.45, 7) is 4.03. The van der Waals surface area contributed by atoms with Gasteiger partial charge in [0.15, 0.2) is 0 Å². The third-order valence-electron chi connectivity index (χ3n) is 4.52. The van der Waals surface area contributed by atoms with Crippen LogP contribution in [0.1, 0.15) is 17.8 Å². The first-order chi connectivity index (χ1) is 12.8. The molecule has 0 aliphatic carbocycles. The van der Waals surface area contributed by atoms with Crippen molar-refractivity contribution in [1.82, 2.24) is 9.97 Å². The highest BCUT2D eigenvalue weighted by Gasteiger charge is 2.35. The summed E-state index contributed by atoms with van der Waals surface area (Å²) < 4.78 is 0.894. The van der Waals surface area contributed by atoms with E-state index in [-0.39, 0.29) is 18.2 Å². The maximum atomic E-state index is 12.8. The van der Waals surface area contributed by atoms with Crippen LogP contribution in [0.25, 0.3) is 0 Å². The van der Waals surface area contributed by atoms with Crippen LogP contribution >= 0.6 is 15.9 Å². The van der Waals surface area contributed by atoms with Gasteiger partial charge in [-0.15, -0.1) is 0 Å². The number of aryl methyl sites for hydroxylation is 2. The molecule has 1 aromatic carbocycles. The van der Waals surface area contributed by atoms with Crippen molar-refractivity contribution in [3.63, 3.8) is 0 Å². The fourth-order valence-electron chi connectivity index (χ4n) is 3.08. The highest BCUT2D eigenvalue weighted by molar-refractivity contribution is 9.10. The summed E-state index contributed by atoms with van der Waals surface area (Å²) in [7, 11) is 3.74. The second-order valence-corrected chi connectivity index (χ2v) is 7.75. The Hall–Kier alpha value is -2.48. The average molecular weight is 432 g/mol. The lowest BCUT2D eigenvalue weighted by Gasteiger charge is -2.18. The van der Waals surface area contributed by atoms with Crippen molar-refractivity contribution >= 4 is 45.1 Å². The number of rotatable bonds is 4. The maximum Gasteiger partial charge on any atom is 0.229 e. The lowest BCUT2D eigenvalue weighted by Crippen LogP contribution is -2.28. The molecule has 0 bridgehead atoms. The van der Waals surface area contributed by atoms with E-state index < -0.39 is 5.92 Å². The molecular weight excluding hydrogens is 410 g/mol. The molecule has 1 aromatic heterocycles. The van der Waals surface area contributed by atoms with E-state index in [4.69, 9.17) is 0 Å². The van der Waals surface area contributed by atoms with Crippen molar-refractivity contribution in [3.8, 4) is 0 Å². The third kappa shape index (κ3) is 4.10. The van der Waals surface area contributed by atoms with E-state index in [9.17, 15) is 9.59 Å². The minimum atomic E-state index is -0.413. The first-order valence-corrected chi connectivity index (χ1v) is 9.45. The van der Waals surface area contributed by atoms with Gasteiger partial charge >= 0.3 is 0 Å². The number of benzene rings is 1. The Kier molecular flexibility index (Phi) is 5.46. The molecule has 2 heterocycles. The normalized spacial score (nSPS) is 16.6. The number of aromatic nitrogens is 2. The molecule has 0 spiro atoms. The Morgan fingerprint density at radius 2 is 1.93 bits per heavy atom. The van der Waals surface area contributed by atoms with Crippen molar-refractivity contribution in [2.45, 2.75) is 20.3 Å². The topological polar surface area (TPSA) is 78.4 Å². The predicted octanol–water partition coefficient (Wildman–Crippen LogP) is 2.91. The summed E-state index contributed by atoms with van der Waals surface area (Å²) >= 11 is 3.41. The SMILES string of the molecule is Cc1nc(N(C)C)nc(C)c1NC(=O)C1CC(=O)N(c2cccc(Br)c2)C1. The van der Waals surface area contributed by atoms with E-state index in [0.717, 1.165) is 10.2 Å². The van der Waals surface area contributed by atoms with E-state index >= 15 is 0 Å². The third-order valence-corrected chi connectivity index (χ3v) is 5.02. The Morgan fingerprint density at radius 1 is 1.26 bits per heavy atom. The first kappa shape index (κ1) is 19.3. The molecule has 1 aliphatic rings. The smallest absolute Gasteiger partial charge is 0.229 e. The lowest BCUT2D eigenvalue weighted by atomic mass is 10.1. The predicted molar refractivity (Wildman–Crippen MR) is 109 cm³/mol. The monoisotopic (exact) mass is 431 g/mol. The summed E-state index contributed by atoms with van der Waals surface area (Å²) in [5.74, 6) is -0.0576. The molecule has 1 atom stereocenters. The number of carbonyl (C=O) groups is 2. The maximum absolute atomic E-state index is 12.8. The second-order valence-electron chi connectivity index (χ2n) is 6.84. The standard InChI is InChI=1S/C19H22BrN5O2/c1-11-17(12(2)22-19(21-11)24(3)4)23-18(27)13-8-16(26)25(10-13)15-7-5-6-14(20)9-15/h5-7,9,13H,8,10H2,1-4H3,(H,23,27). The van der Waals surface area contributed by atoms with Crippen molar-refractivity contribution < 1.29 is 9.59 Å². The van der Waals surface area contributed by atoms with Crippen LogP contribution in [0.15, 0.2) is 28.7 Å². The van der Waals surface area contributed by atoms with Gasteiger partial charge in [0.05, 0.1) is 23.0 Å². The number of anilines is 3. The van der Waals surface area contributed by atoms with Crippen LogP contribution in [0.4, 0.5) is 17.3 Å². The summed E-state index contributed by atoms with van der Waals surface area (Å²) in [5, 5.41) is 2.92. The first-order valence-electron chi connectivity index (χ1n) is 8.65. The second kappa shape index (κ2) is 7.64. The van der Waals surface area contributed by atoms with Crippen molar-refractivity contribution in [2.24, 2.45) is 5.92 Å². The molecule has 7 nitrogen and oxygen atoms in total. The average Bonchev–Trinajstić information content (AvgIpc) is 2.99. The Morgan fingerprint density at radius 3 is 2.52 bits per heavy atom. The molecule has 1 N–H and O–H groups in total. The van der Waals surface area contributed by atoms with Crippen LogP contribution in [0.3, 0.4) is 0 Å². The van der Waals surface area contributed by atoms with Crippen molar-refractivity contribution in [3.05, 3.63) is 40.1 Å². The Bertz CT molecular complexity index is 876. The quantitative estimate of drug-likeness (QED) is 0.804. The van der Waals surface area contributed by atoms with Gasteiger partial charge in [-0.25, -0.2) is 9.97 Å². The molecule has 142 valence electrons. The van der Waals surface area contributed by atoms with E-state index in [1.54, 1.807) is 4.90 Å². The highest BCUT2D eigenvalue weighted by Crippen LogP contribution is 2.28. The molecule has 1 unspecified atom stereocenters. The number of hydrogen-bond acceptors (Lipinski definition) is 5. The molecule has 1 saturated heterocycles. The van der Waals surface area contributed by atoms with Gasteiger partial charge in [0.1, 0.15) is 0 Å². The lowest BCUT2D eigenvalue weighted by molar-refractivity contribution is -0.122. The minimum absolute atomic E-state index is 0.0547. The van der Waals surface area contributed by atoms with Crippen LogP contribution in [0.2, 0.25) is 0 Å². The fourth-order valence-corrected chi connectivity index (χ4v) is 3.47. The van der Waals surface area contributed by atoms with E-state index in [1.807, 2.05) is 57.1 Å². The molecule has 2 amide bonds. The van der Waals surface area contributed by atoms with Gasteiger partial charge in [-0.05, 0) is 32.0 Å². The molecule has 3 rings (SSSR count). The van der Waals surface area contributed by atoms with Gasteiger partial charge in [-0.3, -0.25) is 9.59 Å². The summed E-state index contributed by atoms with van der Waals surface area (Å²) in [6.07, 6.45) is 0.188. The number of nitrogens with zero attached hydrogens (tertiary/aromatic N) is 4. The molecular formula is C19H22BrN5O2. The van der Waals surface area contributed by atoms with Gasteiger partial charge in [0.2, 0.25) is 17.8 Å². The zero-order valence-electron chi connectivity index (χ0n) is 15.8. The van der Waals surface area contributed by atoms with Crippen LogP contribution in [-0.4, -0.2) is 42.4 Å². The molecule has 1 fully saturated rings.